The summed E-state index contributed by atoms with van der Waals surface area (Å²) in [5.41, 5.74) is 1.41. The lowest BCUT2D eigenvalue weighted by Crippen LogP contribution is -2.38. The standard InChI is InChI=1S/C16H24N2O/c1-16(2,3)17-10-9-15(19)18-14-11-13(14)12-7-5-4-6-8-12/h4-8,13-14,17H,9-11H2,1-3H3,(H,18,19). The molecule has 19 heavy (non-hydrogen) atoms. The summed E-state index contributed by atoms with van der Waals surface area (Å²) in [5.74, 6) is 0.668. The largest absolute Gasteiger partial charge is 0.353 e. The Labute approximate surface area is 115 Å². The maximum Gasteiger partial charge on any atom is 0.221 e. The van der Waals surface area contributed by atoms with Crippen LogP contribution in [0.4, 0.5) is 0 Å². The van der Waals surface area contributed by atoms with E-state index in [-0.39, 0.29) is 11.4 Å². The third-order valence-corrected chi connectivity index (χ3v) is 3.37. The fraction of sp³-hybridized carbons (Fsp3) is 0.562. The van der Waals surface area contributed by atoms with Crippen LogP contribution in [0.25, 0.3) is 0 Å². The summed E-state index contributed by atoms with van der Waals surface area (Å²) < 4.78 is 0. The molecule has 0 bridgehead atoms. The molecule has 2 unspecified atom stereocenters. The number of carbonyl (C=O) groups is 1. The predicted molar refractivity (Wildman–Crippen MR) is 78.1 cm³/mol. The summed E-state index contributed by atoms with van der Waals surface area (Å²) in [4.78, 5) is 11.8. The molecule has 0 aliphatic heterocycles. The van der Waals surface area contributed by atoms with Crippen molar-refractivity contribution in [1.82, 2.24) is 10.6 Å². The van der Waals surface area contributed by atoms with Crippen LogP contribution in [0.3, 0.4) is 0 Å². The van der Waals surface area contributed by atoms with Crippen molar-refractivity contribution in [2.24, 2.45) is 0 Å². The maximum absolute atomic E-state index is 11.8. The molecule has 1 aliphatic carbocycles. The van der Waals surface area contributed by atoms with Crippen molar-refractivity contribution in [1.29, 1.82) is 0 Å². The maximum atomic E-state index is 11.8. The van der Waals surface area contributed by atoms with Crippen LogP contribution in [0.5, 0.6) is 0 Å². The van der Waals surface area contributed by atoms with E-state index in [1.807, 2.05) is 6.07 Å². The monoisotopic (exact) mass is 260 g/mol. The van der Waals surface area contributed by atoms with Crippen molar-refractivity contribution in [3.8, 4) is 0 Å². The van der Waals surface area contributed by atoms with E-state index in [1.165, 1.54) is 5.56 Å². The second kappa shape index (κ2) is 5.74. The van der Waals surface area contributed by atoms with Crippen molar-refractivity contribution >= 4 is 5.91 Å². The Morgan fingerprint density at radius 2 is 1.95 bits per heavy atom. The predicted octanol–water partition coefficient (Wildman–Crippen LogP) is 2.44. The van der Waals surface area contributed by atoms with Crippen molar-refractivity contribution in [3.63, 3.8) is 0 Å². The molecule has 1 aromatic carbocycles. The third-order valence-electron chi connectivity index (χ3n) is 3.37. The lowest BCUT2D eigenvalue weighted by molar-refractivity contribution is -0.121. The zero-order valence-electron chi connectivity index (χ0n) is 12.1. The molecule has 0 aromatic heterocycles. The van der Waals surface area contributed by atoms with Gasteiger partial charge in [-0.3, -0.25) is 4.79 Å². The highest BCUT2D eigenvalue weighted by molar-refractivity contribution is 5.77. The Morgan fingerprint density at radius 1 is 1.26 bits per heavy atom. The molecule has 1 aliphatic rings. The molecular formula is C16H24N2O. The highest BCUT2D eigenvalue weighted by atomic mass is 16.1. The molecule has 2 rings (SSSR count). The topological polar surface area (TPSA) is 41.1 Å². The van der Waals surface area contributed by atoms with Crippen LogP contribution in [0.15, 0.2) is 30.3 Å². The van der Waals surface area contributed by atoms with Gasteiger partial charge >= 0.3 is 0 Å². The Hall–Kier alpha value is -1.35. The molecule has 104 valence electrons. The summed E-state index contributed by atoms with van der Waals surface area (Å²) in [6.07, 6.45) is 1.62. The lowest BCUT2D eigenvalue weighted by atomic mass is 10.1. The number of hydrogen-bond donors (Lipinski definition) is 2. The summed E-state index contributed by atoms with van der Waals surface area (Å²) >= 11 is 0. The first-order valence-corrected chi connectivity index (χ1v) is 7.05. The zero-order valence-corrected chi connectivity index (χ0v) is 12.1. The highest BCUT2D eigenvalue weighted by Crippen LogP contribution is 2.40. The normalized spacial score (nSPS) is 22.1. The minimum Gasteiger partial charge on any atom is -0.353 e. The molecule has 2 atom stereocenters. The summed E-state index contributed by atoms with van der Waals surface area (Å²) in [6, 6.07) is 10.7. The van der Waals surface area contributed by atoms with Crippen molar-refractivity contribution in [2.75, 3.05) is 6.54 Å². The van der Waals surface area contributed by atoms with Crippen molar-refractivity contribution in [3.05, 3.63) is 35.9 Å². The number of benzene rings is 1. The van der Waals surface area contributed by atoms with Crippen LogP contribution in [-0.4, -0.2) is 24.0 Å². The number of carbonyl (C=O) groups excluding carboxylic acids is 1. The van der Waals surface area contributed by atoms with Crippen molar-refractivity contribution in [2.45, 2.75) is 51.1 Å². The smallest absolute Gasteiger partial charge is 0.221 e. The van der Waals surface area contributed by atoms with Gasteiger partial charge in [0.1, 0.15) is 0 Å². The van der Waals surface area contributed by atoms with E-state index >= 15 is 0 Å². The van der Waals surface area contributed by atoms with Crippen LogP contribution in [0.1, 0.15) is 45.1 Å². The van der Waals surface area contributed by atoms with Gasteiger partial charge < -0.3 is 10.6 Å². The van der Waals surface area contributed by atoms with Gasteiger partial charge in [-0.2, -0.15) is 0 Å². The van der Waals surface area contributed by atoms with Gasteiger partial charge in [-0.15, -0.1) is 0 Å². The first-order valence-electron chi connectivity index (χ1n) is 7.05. The lowest BCUT2D eigenvalue weighted by Gasteiger charge is -2.20. The van der Waals surface area contributed by atoms with Gasteiger partial charge in [0.05, 0.1) is 0 Å². The van der Waals surface area contributed by atoms with E-state index in [9.17, 15) is 4.79 Å². The van der Waals surface area contributed by atoms with Gasteiger partial charge in [0.25, 0.3) is 0 Å². The minimum atomic E-state index is 0.0758. The van der Waals surface area contributed by atoms with Gasteiger partial charge in [0.15, 0.2) is 0 Å². The van der Waals surface area contributed by atoms with E-state index in [0.717, 1.165) is 13.0 Å². The van der Waals surface area contributed by atoms with Crippen LogP contribution >= 0.6 is 0 Å². The molecule has 1 aromatic rings. The van der Waals surface area contributed by atoms with Crippen LogP contribution in [0.2, 0.25) is 0 Å². The minimum absolute atomic E-state index is 0.0758. The molecule has 0 spiro atoms. The molecule has 1 saturated carbocycles. The Kier molecular flexibility index (Phi) is 4.25. The second-order valence-corrected chi connectivity index (χ2v) is 6.35. The van der Waals surface area contributed by atoms with Gasteiger partial charge in [-0.05, 0) is 32.8 Å². The van der Waals surface area contributed by atoms with Gasteiger partial charge in [-0.25, -0.2) is 0 Å². The van der Waals surface area contributed by atoms with Crippen LogP contribution < -0.4 is 10.6 Å². The molecular weight excluding hydrogens is 236 g/mol. The molecule has 3 nitrogen and oxygen atoms in total. The van der Waals surface area contributed by atoms with Crippen molar-refractivity contribution < 1.29 is 4.79 Å². The van der Waals surface area contributed by atoms with Gasteiger partial charge in [-0.1, -0.05) is 30.3 Å². The zero-order chi connectivity index (χ0) is 13.9. The number of amides is 1. The average Bonchev–Trinajstić information content (AvgIpc) is 3.07. The highest BCUT2D eigenvalue weighted by Gasteiger charge is 2.39. The number of nitrogens with one attached hydrogen (secondary N) is 2. The Bertz CT molecular complexity index is 422. The third kappa shape index (κ3) is 4.67. The first kappa shape index (κ1) is 14.1. The number of rotatable bonds is 5. The molecule has 3 heteroatoms. The Morgan fingerprint density at radius 3 is 2.58 bits per heavy atom. The molecule has 2 N–H and O–H groups in total. The van der Waals surface area contributed by atoms with Crippen LogP contribution in [0, 0.1) is 0 Å². The second-order valence-electron chi connectivity index (χ2n) is 6.35. The summed E-state index contributed by atoms with van der Waals surface area (Å²) in [7, 11) is 0. The molecule has 0 radical (unpaired) electrons. The quantitative estimate of drug-likeness (QED) is 0.853. The molecule has 0 heterocycles. The summed E-state index contributed by atoms with van der Waals surface area (Å²) in [5, 5.41) is 6.44. The summed E-state index contributed by atoms with van der Waals surface area (Å²) in [6.45, 7) is 7.06. The Balaban J connectivity index is 1.68. The molecule has 0 saturated heterocycles. The fourth-order valence-corrected chi connectivity index (χ4v) is 2.25. The first-order chi connectivity index (χ1) is 8.96. The van der Waals surface area contributed by atoms with E-state index in [2.05, 4.69) is 55.7 Å². The number of hydrogen-bond acceptors (Lipinski definition) is 2. The SMILES string of the molecule is CC(C)(C)NCCC(=O)NC1CC1c1ccccc1. The van der Waals surface area contributed by atoms with Crippen LogP contribution in [-0.2, 0) is 4.79 Å². The molecule has 1 amide bonds. The van der Waals surface area contributed by atoms with E-state index in [4.69, 9.17) is 0 Å². The van der Waals surface area contributed by atoms with E-state index in [1.54, 1.807) is 0 Å². The van der Waals surface area contributed by atoms with E-state index < -0.39 is 0 Å². The average molecular weight is 260 g/mol. The van der Waals surface area contributed by atoms with E-state index in [0.29, 0.717) is 18.4 Å². The molecule has 1 fully saturated rings. The fourth-order valence-electron chi connectivity index (χ4n) is 2.25. The van der Waals surface area contributed by atoms with Gasteiger partial charge in [0.2, 0.25) is 5.91 Å². The van der Waals surface area contributed by atoms with Gasteiger partial charge in [0, 0.05) is 30.5 Å².